The summed E-state index contributed by atoms with van der Waals surface area (Å²) in [6.45, 7) is 0. The molecule has 0 atom stereocenters. The predicted octanol–water partition coefficient (Wildman–Crippen LogP) is 1.20. The Morgan fingerprint density at radius 2 is 2.00 bits per heavy atom. The first-order chi connectivity index (χ1) is 9.49. The first kappa shape index (κ1) is 12.1. The second kappa shape index (κ2) is 4.02. The van der Waals surface area contributed by atoms with E-state index in [0.717, 1.165) is 15.3 Å². The van der Waals surface area contributed by atoms with Crippen molar-refractivity contribution >= 4 is 5.52 Å². The molecule has 100 valence electrons. The predicted molar refractivity (Wildman–Crippen MR) is 57.6 cm³/mol. The number of fused-ring (bicyclic) bond motifs is 1. The molecule has 20 heavy (non-hydrogen) atoms. The van der Waals surface area contributed by atoms with E-state index in [9.17, 15) is 13.2 Å². The molecule has 0 saturated carbocycles. The molecule has 10 heteroatoms. The molecule has 0 aromatic carbocycles. The van der Waals surface area contributed by atoms with Crippen LogP contribution in [-0.4, -0.2) is 29.4 Å². The van der Waals surface area contributed by atoms with E-state index in [-0.39, 0.29) is 17.2 Å². The minimum Gasteiger partial charge on any atom is -0.235 e. The largest absolute Gasteiger partial charge is 0.435 e. The van der Waals surface area contributed by atoms with Crippen LogP contribution in [0.15, 0.2) is 24.8 Å². The van der Waals surface area contributed by atoms with Gasteiger partial charge in [-0.3, -0.25) is 0 Å². The van der Waals surface area contributed by atoms with Gasteiger partial charge in [-0.15, -0.1) is 5.10 Å². The lowest BCUT2D eigenvalue weighted by Gasteiger charge is -2.00. The molecule has 0 fully saturated rings. The maximum absolute atomic E-state index is 12.6. The molecule has 0 bridgehead atoms. The average molecular weight is 279 g/mol. The standard InChI is InChI=1S/C10H4F3N7/c11-10(12,13)7-3-6-9(15-1-2-19(6)17-7)20-5-16-8(4-14)18-20/h1-3,5H. The van der Waals surface area contributed by atoms with Gasteiger partial charge in [0.2, 0.25) is 0 Å². The fourth-order valence-corrected chi connectivity index (χ4v) is 1.64. The van der Waals surface area contributed by atoms with Gasteiger partial charge in [0.1, 0.15) is 17.9 Å². The van der Waals surface area contributed by atoms with Crippen LogP contribution in [-0.2, 0) is 6.18 Å². The van der Waals surface area contributed by atoms with E-state index < -0.39 is 11.9 Å². The van der Waals surface area contributed by atoms with Gasteiger partial charge in [-0.2, -0.15) is 28.2 Å². The van der Waals surface area contributed by atoms with E-state index in [2.05, 4.69) is 20.2 Å². The molecular weight excluding hydrogens is 275 g/mol. The van der Waals surface area contributed by atoms with Crippen LogP contribution >= 0.6 is 0 Å². The Labute approximate surface area is 108 Å². The first-order valence-electron chi connectivity index (χ1n) is 5.23. The Balaban J connectivity index is 2.21. The second-order valence-corrected chi connectivity index (χ2v) is 3.73. The zero-order chi connectivity index (χ0) is 14.3. The van der Waals surface area contributed by atoms with Crippen molar-refractivity contribution in [2.24, 2.45) is 0 Å². The molecule has 3 heterocycles. The van der Waals surface area contributed by atoms with Gasteiger partial charge in [0.05, 0.1) is 0 Å². The highest BCUT2D eigenvalue weighted by Gasteiger charge is 2.34. The summed E-state index contributed by atoms with van der Waals surface area (Å²) >= 11 is 0. The summed E-state index contributed by atoms with van der Waals surface area (Å²) in [5.41, 5.74) is -0.929. The average Bonchev–Trinajstić information content (AvgIpc) is 3.04. The molecule has 0 aliphatic heterocycles. The van der Waals surface area contributed by atoms with Crippen molar-refractivity contribution in [2.45, 2.75) is 6.18 Å². The van der Waals surface area contributed by atoms with Gasteiger partial charge < -0.3 is 0 Å². The van der Waals surface area contributed by atoms with Crippen molar-refractivity contribution in [2.75, 3.05) is 0 Å². The number of nitriles is 1. The molecule has 3 aromatic rings. The van der Waals surface area contributed by atoms with Gasteiger partial charge in [0.15, 0.2) is 11.5 Å². The molecule has 0 aliphatic carbocycles. The van der Waals surface area contributed by atoms with E-state index in [1.807, 2.05) is 0 Å². The Hall–Kier alpha value is -2.96. The smallest absolute Gasteiger partial charge is 0.235 e. The van der Waals surface area contributed by atoms with Gasteiger partial charge in [-0.25, -0.2) is 14.5 Å². The van der Waals surface area contributed by atoms with E-state index in [0.29, 0.717) is 0 Å². The highest BCUT2D eigenvalue weighted by Crippen LogP contribution is 2.29. The fourth-order valence-electron chi connectivity index (χ4n) is 1.64. The zero-order valence-electron chi connectivity index (χ0n) is 9.57. The molecule has 3 aromatic heterocycles. The van der Waals surface area contributed by atoms with Crippen molar-refractivity contribution in [3.8, 4) is 11.9 Å². The number of halogens is 3. The van der Waals surface area contributed by atoms with Crippen molar-refractivity contribution in [3.63, 3.8) is 0 Å². The third kappa shape index (κ3) is 1.85. The third-order valence-corrected chi connectivity index (χ3v) is 2.47. The Morgan fingerprint density at radius 3 is 2.65 bits per heavy atom. The number of hydrogen-bond acceptors (Lipinski definition) is 5. The number of rotatable bonds is 1. The Bertz CT molecular complexity index is 823. The Morgan fingerprint density at radius 1 is 1.20 bits per heavy atom. The summed E-state index contributed by atoms with van der Waals surface area (Å²) in [5, 5.41) is 15.8. The molecular formula is C10H4F3N7. The normalized spacial score (nSPS) is 11.7. The topological polar surface area (TPSA) is 84.7 Å². The molecule has 0 aliphatic rings. The van der Waals surface area contributed by atoms with Gasteiger partial charge in [-0.1, -0.05) is 0 Å². The SMILES string of the molecule is N#Cc1ncn(-c2nccn3nc(C(F)(F)F)cc23)n1. The summed E-state index contributed by atoms with van der Waals surface area (Å²) in [5.74, 6) is -0.00568. The fraction of sp³-hybridized carbons (Fsp3) is 0.100. The number of nitrogens with zero attached hydrogens (tertiary/aromatic N) is 7. The summed E-state index contributed by atoms with van der Waals surface area (Å²) in [6.07, 6.45) is -0.788. The maximum atomic E-state index is 12.6. The van der Waals surface area contributed by atoms with E-state index >= 15 is 0 Å². The molecule has 0 spiro atoms. The second-order valence-electron chi connectivity index (χ2n) is 3.73. The van der Waals surface area contributed by atoms with Crippen LogP contribution < -0.4 is 0 Å². The van der Waals surface area contributed by atoms with Crippen LogP contribution in [0.25, 0.3) is 11.3 Å². The maximum Gasteiger partial charge on any atom is 0.435 e. The lowest BCUT2D eigenvalue weighted by atomic mass is 10.4. The molecule has 0 unspecified atom stereocenters. The van der Waals surface area contributed by atoms with Crippen LogP contribution in [0.4, 0.5) is 13.2 Å². The zero-order valence-corrected chi connectivity index (χ0v) is 9.57. The number of hydrogen-bond donors (Lipinski definition) is 0. The lowest BCUT2D eigenvalue weighted by Crippen LogP contribution is -2.05. The van der Waals surface area contributed by atoms with Crippen LogP contribution in [0.2, 0.25) is 0 Å². The quantitative estimate of drug-likeness (QED) is 0.668. The van der Waals surface area contributed by atoms with Crippen LogP contribution in [0.1, 0.15) is 11.5 Å². The minimum absolute atomic E-state index is 0.101. The van der Waals surface area contributed by atoms with Gasteiger partial charge >= 0.3 is 6.18 Å². The highest BCUT2D eigenvalue weighted by molar-refractivity contribution is 5.60. The van der Waals surface area contributed by atoms with Crippen molar-refractivity contribution < 1.29 is 13.2 Å². The van der Waals surface area contributed by atoms with Crippen LogP contribution in [0, 0.1) is 11.3 Å². The van der Waals surface area contributed by atoms with Gasteiger partial charge in [0.25, 0.3) is 5.82 Å². The summed E-state index contributed by atoms with van der Waals surface area (Å²) in [6, 6.07) is 2.58. The molecule has 0 N–H and O–H groups in total. The van der Waals surface area contributed by atoms with E-state index in [4.69, 9.17) is 5.26 Å². The van der Waals surface area contributed by atoms with Crippen LogP contribution in [0.5, 0.6) is 0 Å². The van der Waals surface area contributed by atoms with Gasteiger partial charge in [0, 0.05) is 18.5 Å². The molecule has 0 saturated heterocycles. The van der Waals surface area contributed by atoms with E-state index in [1.54, 1.807) is 6.07 Å². The minimum atomic E-state index is -4.55. The molecule has 3 rings (SSSR count). The Kier molecular flexibility index (Phi) is 2.43. The lowest BCUT2D eigenvalue weighted by molar-refractivity contribution is -0.141. The first-order valence-corrected chi connectivity index (χ1v) is 5.23. The molecule has 0 radical (unpaired) electrons. The van der Waals surface area contributed by atoms with Crippen molar-refractivity contribution in [1.29, 1.82) is 5.26 Å². The number of aromatic nitrogens is 6. The summed E-state index contributed by atoms with van der Waals surface area (Å²) in [7, 11) is 0. The summed E-state index contributed by atoms with van der Waals surface area (Å²) < 4.78 is 40.1. The third-order valence-electron chi connectivity index (χ3n) is 2.47. The highest BCUT2D eigenvalue weighted by atomic mass is 19.4. The monoisotopic (exact) mass is 279 g/mol. The number of alkyl halides is 3. The molecule has 7 nitrogen and oxygen atoms in total. The van der Waals surface area contributed by atoms with Crippen molar-refractivity contribution in [1.82, 2.24) is 29.4 Å². The van der Waals surface area contributed by atoms with Gasteiger partial charge in [-0.05, 0) is 0 Å². The van der Waals surface area contributed by atoms with Crippen molar-refractivity contribution in [3.05, 3.63) is 36.3 Å². The molecule has 0 amide bonds. The van der Waals surface area contributed by atoms with Crippen LogP contribution in [0.3, 0.4) is 0 Å². The summed E-state index contributed by atoms with van der Waals surface area (Å²) in [4.78, 5) is 7.62. The van der Waals surface area contributed by atoms with E-state index in [1.165, 1.54) is 18.7 Å².